The number of hydrogen-bond donors (Lipinski definition) is 1. The molecule has 0 bridgehead atoms. The summed E-state index contributed by atoms with van der Waals surface area (Å²) in [5.74, 6) is -1.08. The highest BCUT2D eigenvalue weighted by molar-refractivity contribution is 5.34. The Morgan fingerprint density at radius 1 is 1.05 bits per heavy atom. The van der Waals surface area contributed by atoms with Gasteiger partial charge in [-0.1, -0.05) is 30.3 Å². The Bertz CT molecular complexity index is 584. The molecule has 2 aromatic rings. The molecule has 2 aromatic carbocycles. The van der Waals surface area contributed by atoms with Gasteiger partial charge >= 0.3 is 0 Å². The van der Waals surface area contributed by atoms with E-state index < -0.39 is 11.6 Å². The van der Waals surface area contributed by atoms with Crippen LogP contribution in [-0.4, -0.2) is 6.04 Å². The number of halogens is 2. The van der Waals surface area contributed by atoms with E-state index in [0.717, 1.165) is 11.6 Å². The minimum absolute atomic E-state index is 0.00524. The van der Waals surface area contributed by atoms with Crippen molar-refractivity contribution < 1.29 is 13.5 Å². The molecule has 0 fully saturated rings. The van der Waals surface area contributed by atoms with E-state index in [0.29, 0.717) is 12.2 Å². The van der Waals surface area contributed by atoms with Crippen LogP contribution in [0.4, 0.5) is 8.78 Å². The van der Waals surface area contributed by atoms with Crippen molar-refractivity contribution in [2.75, 3.05) is 0 Å². The second-order valence-electron chi connectivity index (χ2n) is 4.79. The average molecular weight is 277 g/mol. The zero-order chi connectivity index (χ0) is 14.5. The van der Waals surface area contributed by atoms with Crippen LogP contribution in [0.5, 0.6) is 5.75 Å². The standard InChI is InChI=1S/C16H17F2NO/c1-11(19)9-12-5-2-3-8-15(12)20-10-13-6-4-7-14(17)16(13)18/h2-8,11H,9-10,19H2,1H3. The van der Waals surface area contributed by atoms with E-state index in [9.17, 15) is 8.78 Å². The monoisotopic (exact) mass is 277 g/mol. The van der Waals surface area contributed by atoms with Crippen molar-refractivity contribution in [3.8, 4) is 5.75 Å². The van der Waals surface area contributed by atoms with Gasteiger partial charge in [-0.05, 0) is 31.0 Å². The number of nitrogens with two attached hydrogens (primary N) is 1. The normalized spacial score (nSPS) is 12.2. The lowest BCUT2D eigenvalue weighted by atomic mass is 10.1. The molecule has 0 amide bonds. The fourth-order valence-corrected chi connectivity index (χ4v) is 1.98. The van der Waals surface area contributed by atoms with Crippen molar-refractivity contribution in [2.45, 2.75) is 26.0 Å². The van der Waals surface area contributed by atoms with Gasteiger partial charge in [0.05, 0.1) is 0 Å². The number of para-hydroxylation sites is 1. The molecule has 0 aliphatic heterocycles. The van der Waals surface area contributed by atoms with E-state index in [1.54, 1.807) is 6.07 Å². The molecule has 1 unspecified atom stereocenters. The molecule has 0 aliphatic carbocycles. The van der Waals surface area contributed by atoms with Gasteiger partial charge in [-0.25, -0.2) is 8.78 Å². The maximum Gasteiger partial charge on any atom is 0.165 e. The summed E-state index contributed by atoms with van der Waals surface area (Å²) in [5.41, 5.74) is 6.93. The summed E-state index contributed by atoms with van der Waals surface area (Å²) in [6.07, 6.45) is 0.668. The van der Waals surface area contributed by atoms with E-state index in [2.05, 4.69) is 0 Å². The highest BCUT2D eigenvalue weighted by atomic mass is 19.2. The second kappa shape index (κ2) is 6.48. The van der Waals surface area contributed by atoms with Gasteiger partial charge in [0.1, 0.15) is 12.4 Å². The van der Waals surface area contributed by atoms with Crippen LogP contribution < -0.4 is 10.5 Å². The van der Waals surface area contributed by atoms with Crippen LogP contribution >= 0.6 is 0 Å². The maximum atomic E-state index is 13.5. The molecule has 0 heterocycles. The topological polar surface area (TPSA) is 35.2 Å². The van der Waals surface area contributed by atoms with Crippen LogP contribution in [0.2, 0.25) is 0 Å². The van der Waals surface area contributed by atoms with Crippen molar-refractivity contribution >= 4 is 0 Å². The number of rotatable bonds is 5. The first-order valence-electron chi connectivity index (χ1n) is 6.47. The lowest BCUT2D eigenvalue weighted by Gasteiger charge is -2.13. The van der Waals surface area contributed by atoms with Crippen LogP contribution in [0.3, 0.4) is 0 Å². The Kier molecular flexibility index (Phi) is 4.69. The predicted octanol–water partition coefficient (Wildman–Crippen LogP) is 3.43. The summed E-state index contributed by atoms with van der Waals surface area (Å²) in [7, 11) is 0. The van der Waals surface area contributed by atoms with Gasteiger partial charge in [0.15, 0.2) is 11.6 Å². The third kappa shape index (κ3) is 3.54. The van der Waals surface area contributed by atoms with Crippen molar-refractivity contribution in [3.63, 3.8) is 0 Å². The molecule has 0 aromatic heterocycles. The van der Waals surface area contributed by atoms with Crippen molar-refractivity contribution in [1.29, 1.82) is 0 Å². The molecule has 0 saturated carbocycles. The van der Waals surface area contributed by atoms with Gasteiger partial charge in [-0.15, -0.1) is 0 Å². The van der Waals surface area contributed by atoms with Gasteiger partial charge in [0, 0.05) is 11.6 Å². The summed E-state index contributed by atoms with van der Waals surface area (Å²) >= 11 is 0. The van der Waals surface area contributed by atoms with Gasteiger partial charge in [-0.3, -0.25) is 0 Å². The Hall–Kier alpha value is -1.94. The molecule has 1 atom stereocenters. The maximum absolute atomic E-state index is 13.5. The second-order valence-corrected chi connectivity index (χ2v) is 4.79. The third-order valence-electron chi connectivity index (χ3n) is 2.93. The largest absolute Gasteiger partial charge is 0.489 e. The number of hydrogen-bond acceptors (Lipinski definition) is 2. The smallest absolute Gasteiger partial charge is 0.165 e. The van der Waals surface area contributed by atoms with E-state index in [-0.39, 0.29) is 18.2 Å². The van der Waals surface area contributed by atoms with E-state index in [1.165, 1.54) is 12.1 Å². The van der Waals surface area contributed by atoms with E-state index in [1.807, 2.05) is 25.1 Å². The summed E-state index contributed by atoms with van der Waals surface area (Å²) in [6.45, 7) is 1.89. The van der Waals surface area contributed by atoms with Crippen molar-refractivity contribution in [2.24, 2.45) is 5.73 Å². The molecule has 2 rings (SSSR count). The fraction of sp³-hybridized carbons (Fsp3) is 0.250. The zero-order valence-electron chi connectivity index (χ0n) is 11.3. The van der Waals surface area contributed by atoms with Gasteiger partial charge in [0.2, 0.25) is 0 Å². The van der Waals surface area contributed by atoms with Gasteiger partial charge in [-0.2, -0.15) is 0 Å². The molecular weight excluding hydrogens is 260 g/mol. The Morgan fingerprint density at radius 3 is 2.50 bits per heavy atom. The van der Waals surface area contributed by atoms with Crippen LogP contribution in [0.25, 0.3) is 0 Å². The minimum atomic E-state index is -0.866. The minimum Gasteiger partial charge on any atom is -0.489 e. The van der Waals surface area contributed by atoms with Crippen molar-refractivity contribution in [1.82, 2.24) is 0 Å². The summed E-state index contributed by atoms with van der Waals surface area (Å²) in [6, 6.07) is 11.5. The van der Waals surface area contributed by atoms with Crippen molar-refractivity contribution in [3.05, 3.63) is 65.2 Å². The lowest BCUT2D eigenvalue weighted by Crippen LogP contribution is -2.18. The van der Waals surface area contributed by atoms with Gasteiger partial charge < -0.3 is 10.5 Å². The van der Waals surface area contributed by atoms with E-state index in [4.69, 9.17) is 10.5 Å². The SMILES string of the molecule is CC(N)Cc1ccccc1OCc1cccc(F)c1F. The first-order valence-corrected chi connectivity index (χ1v) is 6.47. The molecule has 106 valence electrons. The fourth-order valence-electron chi connectivity index (χ4n) is 1.98. The number of benzene rings is 2. The van der Waals surface area contributed by atoms with E-state index >= 15 is 0 Å². The molecule has 0 radical (unpaired) electrons. The Balaban J connectivity index is 2.13. The predicted molar refractivity (Wildman–Crippen MR) is 74.5 cm³/mol. The van der Waals surface area contributed by atoms with Gasteiger partial charge in [0.25, 0.3) is 0 Å². The van der Waals surface area contributed by atoms with Crippen LogP contribution in [0.1, 0.15) is 18.1 Å². The molecule has 2 N–H and O–H groups in total. The molecule has 4 heteroatoms. The molecule has 0 aliphatic rings. The lowest BCUT2D eigenvalue weighted by molar-refractivity contribution is 0.293. The average Bonchev–Trinajstić information content (AvgIpc) is 2.41. The summed E-state index contributed by atoms with van der Waals surface area (Å²) in [5, 5.41) is 0. The highest BCUT2D eigenvalue weighted by Gasteiger charge is 2.10. The zero-order valence-corrected chi connectivity index (χ0v) is 11.3. The van der Waals surface area contributed by atoms with Crippen LogP contribution in [0, 0.1) is 11.6 Å². The number of ether oxygens (including phenoxy) is 1. The quantitative estimate of drug-likeness (QED) is 0.908. The molecular formula is C16H17F2NO. The molecule has 0 saturated heterocycles. The van der Waals surface area contributed by atoms with Crippen LogP contribution in [0.15, 0.2) is 42.5 Å². The molecule has 2 nitrogen and oxygen atoms in total. The highest BCUT2D eigenvalue weighted by Crippen LogP contribution is 2.21. The Labute approximate surface area is 117 Å². The summed E-state index contributed by atoms with van der Waals surface area (Å²) < 4.78 is 32.2. The first kappa shape index (κ1) is 14.5. The molecule has 20 heavy (non-hydrogen) atoms. The third-order valence-corrected chi connectivity index (χ3v) is 2.93. The van der Waals surface area contributed by atoms with Crippen LogP contribution in [-0.2, 0) is 13.0 Å². The first-order chi connectivity index (χ1) is 9.58. The Morgan fingerprint density at radius 2 is 1.75 bits per heavy atom. The summed E-state index contributed by atoms with van der Waals surface area (Å²) in [4.78, 5) is 0. The molecule has 0 spiro atoms.